The molecule has 0 aliphatic carbocycles. The predicted molar refractivity (Wildman–Crippen MR) is 103 cm³/mol. The molecule has 3 rings (SSSR count). The molecular weight excluding hydrogens is 437 g/mol. The zero-order chi connectivity index (χ0) is 16.9. The number of rotatable bonds is 5. The third kappa shape index (κ3) is 3.93. The van der Waals surface area contributed by atoms with Gasteiger partial charge in [-0.1, -0.05) is 30.3 Å². The van der Waals surface area contributed by atoms with E-state index in [2.05, 4.69) is 27.9 Å². The predicted octanol–water partition coefficient (Wildman–Crippen LogP) is 3.98. The number of thiophene rings is 1. The molecule has 4 nitrogen and oxygen atoms in total. The van der Waals surface area contributed by atoms with Crippen molar-refractivity contribution >= 4 is 55.9 Å². The quantitative estimate of drug-likeness (QED) is 0.472. The van der Waals surface area contributed by atoms with Crippen molar-refractivity contribution in [2.24, 2.45) is 0 Å². The monoisotopic (exact) mass is 451 g/mol. The lowest BCUT2D eigenvalue weighted by molar-refractivity contribution is -0.143. The number of hydrogen-bond acceptors (Lipinski definition) is 4. The minimum atomic E-state index is -0.454. The van der Waals surface area contributed by atoms with Crippen molar-refractivity contribution in [1.29, 1.82) is 0 Å². The molecule has 0 unspecified atom stereocenters. The van der Waals surface area contributed by atoms with E-state index in [1.165, 1.54) is 0 Å². The highest BCUT2D eigenvalue weighted by molar-refractivity contribution is 14.1. The minimum absolute atomic E-state index is 0.147. The zero-order valence-electron chi connectivity index (χ0n) is 12.6. The van der Waals surface area contributed by atoms with E-state index < -0.39 is 5.97 Å². The molecule has 0 radical (unpaired) electrons. The van der Waals surface area contributed by atoms with Gasteiger partial charge in [0.15, 0.2) is 0 Å². The smallest absolute Gasteiger partial charge is 0.325 e. The molecule has 0 saturated heterocycles. The highest BCUT2D eigenvalue weighted by Gasteiger charge is 2.12. The molecule has 0 bridgehead atoms. The van der Waals surface area contributed by atoms with Crippen LogP contribution < -0.4 is 5.32 Å². The summed E-state index contributed by atoms with van der Waals surface area (Å²) in [5.41, 5.74) is 1.53. The summed E-state index contributed by atoms with van der Waals surface area (Å²) in [6.07, 6.45) is 0. The Labute approximate surface area is 157 Å². The van der Waals surface area contributed by atoms with E-state index >= 15 is 0 Å². The maximum absolute atomic E-state index is 12.1. The van der Waals surface area contributed by atoms with Crippen LogP contribution in [0.3, 0.4) is 0 Å². The van der Waals surface area contributed by atoms with Crippen molar-refractivity contribution in [2.45, 2.75) is 6.61 Å². The summed E-state index contributed by atoms with van der Waals surface area (Å²) in [6, 6.07) is 15.2. The molecule has 3 aromatic rings. The summed E-state index contributed by atoms with van der Waals surface area (Å²) in [5.74, 6) is -0.734. The summed E-state index contributed by atoms with van der Waals surface area (Å²) in [4.78, 5) is 23.9. The molecule has 1 N–H and O–H groups in total. The maximum Gasteiger partial charge on any atom is 0.325 e. The van der Waals surface area contributed by atoms with E-state index in [1.807, 2.05) is 41.8 Å². The number of amides is 1. The highest BCUT2D eigenvalue weighted by Crippen LogP contribution is 2.26. The molecule has 24 heavy (non-hydrogen) atoms. The molecule has 0 spiro atoms. The Kier molecular flexibility index (Phi) is 5.47. The van der Waals surface area contributed by atoms with Crippen LogP contribution in [0.15, 0.2) is 53.9 Å². The number of carbonyl (C=O) groups excluding carboxylic acids is 2. The normalized spacial score (nSPS) is 10.5. The van der Waals surface area contributed by atoms with Gasteiger partial charge in [0.2, 0.25) is 0 Å². The van der Waals surface area contributed by atoms with Gasteiger partial charge in [0.25, 0.3) is 5.91 Å². The molecule has 0 aliphatic heterocycles. The van der Waals surface area contributed by atoms with E-state index in [1.54, 1.807) is 23.5 Å². The lowest BCUT2D eigenvalue weighted by atomic mass is 10.2. The lowest BCUT2D eigenvalue weighted by Gasteiger charge is -2.07. The van der Waals surface area contributed by atoms with Crippen molar-refractivity contribution in [3.05, 3.63) is 68.6 Å². The second-order valence-corrected chi connectivity index (χ2v) is 7.15. The number of nitrogens with one attached hydrogen (secondary N) is 1. The Morgan fingerprint density at radius 3 is 2.67 bits per heavy atom. The summed E-state index contributed by atoms with van der Waals surface area (Å²) >= 11 is 3.71. The fraction of sp³-hybridized carbons (Fsp3) is 0.111. The van der Waals surface area contributed by atoms with Gasteiger partial charge >= 0.3 is 5.97 Å². The molecule has 0 fully saturated rings. The van der Waals surface area contributed by atoms with Crippen LogP contribution in [-0.4, -0.2) is 18.4 Å². The zero-order valence-corrected chi connectivity index (χ0v) is 15.6. The van der Waals surface area contributed by atoms with Gasteiger partial charge in [-0.25, -0.2) is 0 Å². The van der Waals surface area contributed by atoms with Gasteiger partial charge in [-0.05, 0) is 51.6 Å². The van der Waals surface area contributed by atoms with E-state index in [9.17, 15) is 9.59 Å². The second kappa shape index (κ2) is 7.76. The molecule has 122 valence electrons. The molecule has 0 atom stereocenters. The fourth-order valence-electron chi connectivity index (χ4n) is 2.25. The topological polar surface area (TPSA) is 55.4 Å². The van der Waals surface area contributed by atoms with E-state index in [-0.39, 0.29) is 19.1 Å². The third-order valence-corrected chi connectivity index (χ3v) is 5.41. The van der Waals surface area contributed by atoms with Gasteiger partial charge in [0.1, 0.15) is 13.2 Å². The van der Waals surface area contributed by atoms with E-state index in [4.69, 9.17) is 4.74 Å². The Bertz CT molecular complexity index is 891. The third-order valence-electron chi connectivity index (χ3n) is 3.46. The molecule has 2 aromatic carbocycles. The molecule has 0 aliphatic rings. The van der Waals surface area contributed by atoms with Gasteiger partial charge in [-0.3, -0.25) is 9.59 Å². The van der Waals surface area contributed by atoms with E-state index in [0.29, 0.717) is 5.56 Å². The minimum Gasteiger partial charge on any atom is -0.459 e. The van der Waals surface area contributed by atoms with Gasteiger partial charge < -0.3 is 10.1 Å². The SMILES string of the molecule is O=C(CNC(=O)c1ccccc1I)OCc1csc2ccccc12. The van der Waals surface area contributed by atoms with Gasteiger partial charge in [0.05, 0.1) is 5.56 Å². The second-order valence-electron chi connectivity index (χ2n) is 5.08. The van der Waals surface area contributed by atoms with Gasteiger partial charge in [0, 0.05) is 13.8 Å². The molecule has 0 saturated carbocycles. The Morgan fingerprint density at radius 2 is 1.83 bits per heavy atom. The largest absolute Gasteiger partial charge is 0.459 e. The summed E-state index contributed by atoms with van der Waals surface area (Å²) < 4.78 is 7.26. The van der Waals surface area contributed by atoms with Crippen LogP contribution in [0.1, 0.15) is 15.9 Å². The molecule has 1 amide bonds. The van der Waals surface area contributed by atoms with Crippen molar-refractivity contribution in [3.8, 4) is 0 Å². The fourth-order valence-corrected chi connectivity index (χ4v) is 3.83. The summed E-state index contributed by atoms with van der Waals surface area (Å²) in [5, 5.41) is 5.68. The number of carbonyl (C=O) groups is 2. The number of benzene rings is 2. The van der Waals surface area contributed by atoms with Crippen molar-refractivity contribution in [3.63, 3.8) is 0 Å². The van der Waals surface area contributed by atoms with Gasteiger partial charge in [-0.15, -0.1) is 11.3 Å². The number of esters is 1. The first-order valence-corrected chi connectivity index (χ1v) is 9.24. The Balaban J connectivity index is 1.53. The van der Waals surface area contributed by atoms with Crippen molar-refractivity contribution in [1.82, 2.24) is 5.32 Å². The Hall–Kier alpha value is -1.93. The number of halogens is 1. The van der Waals surface area contributed by atoms with Gasteiger partial charge in [-0.2, -0.15) is 0 Å². The maximum atomic E-state index is 12.1. The lowest BCUT2D eigenvalue weighted by Crippen LogP contribution is -2.31. The number of ether oxygens (including phenoxy) is 1. The van der Waals surface area contributed by atoms with Crippen LogP contribution in [0.5, 0.6) is 0 Å². The Morgan fingerprint density at radius 1 is 1.08 bits per heavy atom. The van der Waals surface area contributed by atoms with Crippen molar-refractivity contribution < 1.29 is 14.3 Å². The van der Waals surface area contributed by atoms with Crippen molar-refractivity contribution in [2.75, 3.05) is 6.54 Å². The van der Waals surface area contributed by atoms with Crippen LogP contribution in [0.25, 0.3) is 10.1 Å². The summed E-state index contributed by atoms with van der Waals surface area (Å²) in [6.45, 7) is 0.0630. The van der Waals surface area contributed by atoms with Crippen LogP contribution in [0, 0.1) is 3.57 Å². The standard InChI is InChI=1S/C18H14INO3S/c19-15-7-3-1-6-14(15)18(22)20-9-17(21)23-10-12-11-24-16-8-4-2-5-13(12)16/h1-8,11H,9-10H2,(H,20,22). The summed E-state index contributed by atoms with van der Waals surface area (Å²) in [7, 11) is 0. The average molecular weight is 451 g/mol. The first-order chi connectivity index (χ1) is 11.6. The first-order valence-electron chi connectivity index (χ1n) is 7.28. The molecular formula is C18H14INO3S. The average Bonchev–Trinajstić information content (AvgIpc) is 3.01. The molecule has 1 heterocycles. The number of hydrogen-bond donors (Lipinski definition) is 1. The van der Waals surface area contributed by atoms with E-state index in [0.717, 1.165) is 19.2 Å². The highest BCUT2D eigenvalue weighted by atomic mass is 127. The van der Waals surface area contributed by atoms with Crippen LogP contribution in [-0.2, 0) is 16.1 Å². The molecule has 6 heteroatoms. The molecule has 1 aromatic heterocycles. The number of fused-ring (bicyclic) bond motifs is 1. The first kappa shape index (κ1) is 16.9. The van der Waals surface area contributed by atoms with Crippen LogP contribution >= 0.6 is 33.9 Å². The van der Waals surface area contributed by atoms with Crippen LogP contribution in [0.2, 0.25) is 0 Å². The van der Waals surface area contributed by atoms with Crippen LogP contribution in [0.4, 0.5) is 0 Å².